The maximum absolute atomic E-state index is 13.5. The summed E-state index contributed by atoms with van der Waals surface area (Å²) in [5, 5.41) is 22.8. The van der Waals surface area contributed by atoms with Crippen molar-refractivity contribution in [1.29, 1.82) is 0 Å². The number of aliphatic carboxylic acids is 1. The number of hydrogen-bond acceptors (Lipinski definition) is 4. The molecule has 0 spiro atoms. The second-order valence-electron chi connectivity index (χ2n) is 5.48. The first-order valence-electron chi connectivity index (χ1n) is 7.39. The van der Waals surface area contributed by atoms with Crippen LogP contribution in [0.2, 0.25) is 0 Å². The molecule has 1 aliphatic rings. The van der Waals surface area contributed by atoms with Crippen LogP contribution in [0.4, 0.5) is 19.3 Å². The average Bonchev–Trinajstić information content (AvgIpc) is 2.51. The summed E-state index contributed by atoms with van der Waals surface area (Å²) in [6, 6.07) is 1.32. The van der Waals surface area contributed by atoms with Gasteiger partial charge in [0.2, 0.25) is 0 Å². The zero-order chi connectivity index (χ0) is 17.7. The Morgan fingerprint density at radius 2 is 2.04 bits per heavy atom. The third-order valence-corrected chi connectivity index (χ3v) is 3.69. The number of benzene rings is 1. The third-order valence-electron chi connectivity index (χ3n) is 3.69. The van der Waals surface area contributed by atoms with Crippen LogP contribution in [0.15, 0.2) is 18.2 Å². The van der Waals surface area contributed by atoms with E-state index in [1.807, 2.05) is 0 Å². The van der Waals surface area contributed by atoms with Crippen LogP contribution in [0.25, 0.3) is 0 Å². The molecule has 0 radical (unpaired) electrons. The fourth-order valence-electron chi connectivity index (χ4n) is 2.56. The zero-order valence-electron chi connectivity index (χ0n) is 12.7. The van der Waals surface area contributed by atoms with Crippen LogP contribution in [0.1, 0.15) is 19.3 Å². The normalized spacial score (nSPS) is 23.5. The number of carboxylic acid groups (broad SMARTS) is 1. The predicted molar refractivity (Wildman–Crippen MR) is 79.5 cm³/mol. The molecule has 4 N–H and O–H groups in total. The predicted octanol–water partition coefficient (Wildman–Crippen LogP) is 1.47. The van der Waals surface area contributed by atoms with E-state index >= 15 is 0 Å². The van der Waals surface area contributed by atoms with Crippen LogP contribution in [0.3, 0.4) is 0 Å². The van der Waals surface area contributed by atoms with E-state index in [0.717, 1.165) is 18.2 Å². The fourth-order valence-corrected chi connectivity index (χ4v) is 2.56. The van der Waals surface area contributed by atoms with E-state index in [1.165, 1.54) is 0 Å². The number of nitrogens with one attached hydrogen (secondary N) is 2. The molecule has 0 bridgehead atoms. The quantitative estimate of drug-likeness (QED) is 0.647. The van der Waals surface area contributed by atoms with Crippen molar-refractivity contribution in [3.05, 3.63) is 29.8 Å². The lowest BCUT2D eigenvalue weighted by molar-refractivity contribution is -0.145. The highest BCUT2D eigenvalue weighted by molar-refractivity contribution is 5.89. The standard InChI is InChI=1S/C15H18F2N2O5/c16-8-1-3-10(17)12(5-8)19-15(23)18-11-4-2-9(6-14(21)22)24-13(11)7-20/h1,3,5,9,11,13,20H,2,4,6-7H2,(H,21,22)(H2,18,19,23)/t9-,11+,13+/m1/s1. The Kier molecular flexibility index (Phi) is 6.04. The van der Waals surface area contributed by atoms with E-state index in [1.54, 1.807) is 0 Å². The number of hydrogen-bond donors (Lipinski definition) is 4. The van der Waals surface area contributed by atoms with Gasteiger partial charge in [-0.2, -0.15) is 0 Å². The topological polar surface area (TPSA) is 108 Å². The van der Waals surface area contributed by atoms with Gasteiger partial charge in [-0.15, -0.1) is 0 Å². The first-order chi connectivity index (χ1) is 11.4. The highest BCUT2D eigenvalue weighted by Crippen LogP contribution is 2.22. The van der Waals surface area contributed by atoms with Gasteiger partial charge in [0.05, 0.1) is 30.9 Å². The second kappa shape index (κ2) is 8.02. The van der Waals surface area contributed by atoms with Gasteiger partial charge in [0.15, 0.2) is 0 Å². The molecule has 1 fully saturated rings. The van der Waals surface area contributed by atoms with Crippen LogP contribution in [-0.2, 0) is 9.53 Å². The molecule has 0 aromatic heterocycles. The number of amides is 2. The lowest BCUT2D eigenvalue weighted by atomic mass is 9.97. The largest absolute Gasteiger partial charge is 0.481 e. The summed E-state index contributed by atoms with van der Waals surface area (Å²) >= 11 is 0. The van der Waals surface area contributed by atoms with Gasteiger partial charge in [-0.1, -0.05) is 0 Å². The summed E-state index contributed by atoms with van der Waals surface area (Å²) in [6.45, 7) is -0.407. The van der Waals surface area contributed by atoms with Crippen molar-refractivity contribution in [3.63, 3.8) is 0 Å². The molecule has 24 heavy (non-hydrogen) atoms. The van der Waals surface area contributed by atoms with Gasteiger partial charge in [0.1, 0.15) is 17.7 Å². The summed E-state index contributed by atoms with van der Waals surface area (Å²) in [7, 11) is 0. The summed E-state index contributed by atoms with van der Waals surface area (Å²) in [4.78, 5) is 22.6. The lowest BCUT2D eigenvalue weighted by Gasteiger charge is -2.35. The van der Waals surface area contributed by atoms with Crippen molar-refractivity contribution in [1.82, 2.24) is 5.32 Å². The molecule has 9 heteroatoms. The molecule has 1 saturated heterocycles. The van der Waals surface area contributed by atoms with Gasteiger partial charge in [0.25, 0.3) is 0 Å². The van der Waals surface area contributed by atoms with E-state index in [2.05, 4.69) is 10.6 Å². The molecule has 1 aromatic carbocycles. The molecule has 1 aromatic rings. The molecule has 1 aliphatic heterocycles. The molecule has 2 amide bonds. The molecule has 7 nitrogen and oxygen atoms in total. The Morgan fingerprint density at radius 1 is 1.29 bits per heavy atom. The van der Waals surface area contributed by atoms with E-state index < -0.39 is 48.5 Å². The van der Waals surface area contributed by atoms with Crippen molar-refractivity contribution in [2.24, 2.45) is 0 Å². The molecule has 0 saturated carbocycles. The van der Waals surface area contributed by atoms with Crippen molar-refractivity contribution in [3.8, 4) is 0 Å². The minimum atomic E-state index is -1.01. The lowest BCUT2D eigenvalue weighted by Crippen LogP contribution is -2.52. The molecular weight excluding hydrogens is 326 g/mol. The highest BCUT2D eigenvalue weighted by Gasteiger charge is 2.32. The first kappa shape index (κ1) is 18.1. The van der Waals surface area contributed by atoms with Crippen LogP contribution < -0.4 is 10.6 Å². The number of carbonyl (C=O) groups is 2. The van der Waals surface area contributed by atoms with Gasteiger partial charge >= 0.3 is 12.0 Å². The number of ether oxygens (including phenoxy) is 1. The minimum absolute atomic E-state index is 0.191. The molecule has 0 unspecified atom stereocenters. The number of aliphatic hydroxyl groups excluding tert-OH is 1. The molecule has 1 heterocycles. The van der Waals surface area contributed by atoms with E-state index in [-0.39, 0.29) is 12.1 Å². The number of urea groups is 1. The number of rotatable bonds is 5. The van der Waals surface area contributed by atoms with Crippen molar-refractivity contribution >= 4 is 17.7 Å². The molecule has 132 valence electrons. The molecule has 3 atom stereocenters. The van der Waals surface area contributed by atoms with Crippen LogP contribution >= 0.6 is 0 Å². The van der Waals surface area contributed by atoms with Crippen molar-refractivity contribution in [2.75, 3.05) is 11.9 Å². The van der Waals surface area contributed by atoms with E-state index in [9.17, 15) is 23.5 Å². The summed E-state index contributed by atoms with van der Waals surface area (Å²) in [5.74, 6) is -2.49. The summed E-state index contributed by atoms with van der Waals surface area (Å²) in [6.07, 6.45) is -0.721. The van der Waals surface area contributed by atoms with Gasteiger partial charge < -0.3 is 25.6 Å². The monoisotopic (exact) mass is 344 g/mol. The molecule has 0 aliphatic carbocycles. The Labute approximate surface area is 136 Å². The second-order valence-corrected chi connectivity index (χ2v) is 5.48. The maximum Gasteiger partial charge on any atom is 0.319 e. The Bertz CT molecular complexity index is 614. The Hall–Kier alpha value is -2.26. The van der Waals surface area contributed by atoms with Crippen LogP contribution in [-0.4, -0.2) is 47.1 Å². The first-order valence-corrected chi connectivity index (χ1v) is 7.39. The Morgan fingerprint density at radius 3 is 2.71 bits per heavy atom. The van der Waals surface area contributed by atoms with Crippen LogP contribution in [0, 0.1) is 11.6 Å². The Balaban J connectivity index is 1.93. The van der Waals surface area contributed by atoms with Gasteiger partial charge in [0, 0.05) is 6.07 Å². The van der Waals surface area contributed by atoms with Gasteiger partial charge in [-0.3, -0.25) is 4.79 Å². The smallest absolute Gasteiger partial charge is 0.319 e. The number of carboxylic acids is 1. The number of halogens is 2. The number of carbonyl (C=O) groups excluding carboxylic acids is 1. The summed E-state index contributed by atoms with van der Waals surface area (Å²) in [5.41, 5.74) is -0.312. The van der Waals surface area contributed by atoms with E-state index in [0.29, 0.717) is 12.8 Å². The molecular formula is C15H18F2N2O5. The fraction of sp³-hybridized carbons (Fsp3) is 0.467. The molecule has 2 rings (SSSR count). The summed E-state index contributed by atoms with van der Waals surface area (Å²) < 4.78 is 32.0. The zero-order valence-corrected chi connectivity index (χ0v) is 12.7. The van der Waals surface area contributed by atoms with Gasteiger partial charge in [-0.05, 0) is 25.0 Å². The van der Waals surface area contributed by atoms with Crippen molar-refractivity contribution in [2.45, 2.75) is 37.5 Å². The third kappa shape index (κ3) is 4.87. The minimum Gasteiger partial charge on any atom is -0.481 e. The number of anilines is 1. The van der Waals surface area contributed by atoms with Gasteiger partial charge in [-0.25, -0.2) is 13.6 Å². The number of aliphatic hydroxyl groups is 1. The average molecular weight is 344 g/mol. The maximum atomic E-state index is 13.5. The SMILES string of the molecule is O=C(O)C[C@H]1CC[C@H](NC(=O)Nc2cc(F)ccc2F)[C@H](CO)O1. The van der Waals surface area contributed by atoms with Crippen LogP contribution in [0.5, 0.6) is 0 Å². The van der Waals surface area contributed by atoms with E-state index in [4.69, 9.17) is 9.84 Å². The van der Waals surface area contributed by atoms with Crippen molar-refractivity contribution < 1.29 is 33.3 Å². The highest BCUT2D eigenvalue weighted by atomic mass is 19.1.